The van der Waals surface area contributed by atoms with E-state index in [2.05, 4.69) is 20.8 Å². The van der Waals surface area contributed by atoms with Gasteiger partial charge < -0.3 is 0 Å². The summed E-state index contributed by atoms with van der Waals surface area (Å²) < 4.78 is 0. The molecule has 1 fully saturated rings. The summed E-state index contributed by atoms with van der Waals surface area (Å²) in [6.45, 7) is 7.30. The molecule has 0 N–H and O–H groups in total. The lowest BCUT2D eigenvalue weighted by Gasteiger charge is -2.41. The summed E-state index contributed by atoms with van der Waals surface area (Å²) in [4.78, 5) is 0. The van der Waals surface area contributed by atoms with Crippen LogP contribution < -0.4 is 0 Å². The molecule has 0 nitrogen and oxygen atoms in total. The highest BCUT2D eigenvalue weighted by molar-refractivity contribution is 6.81. The molecule has 0 amide bonds. The first-order valence-electron chi connectivity index (χ1n) is 5.79. The Morgan fingerprint density at radius 2 is 1.69 bits per heavy atom. The molecule has 1 rings (SSSR count). The lowest BCUT2D eigenvalue weighted by molar-refractivity contribution is 0.584. The minimum Gasteiger partial charge on any atom is -0.0678 e. The Kier molecular flexibility index (Phi) is 6.02. The van der Waals surface area contributed by atoms with Gasteiger partial charge in [0.1, 0.15) is 0 Å². The van der Waals surface area contributed by atoms with E-state index in [0.29, 0.717) is 0 Å². The van der Waals surface area contributed by atoms with Gasteiger partial charge >= 0.3 is 0 Å². The van der Waals surface area contributed by atoms with Gasteiger partial charge in [0, 0.05) is 8.41 Å². The van der Waals surface area contributed by atoms with Crippen molar-refractivity contribution in [1.29, 1.82) is 0 Å². The molecule has 75 valence electrons. The minimum absolute atomic E-state index is 0. The van der Waals surface area contributed by atoms with Gasteiger partial charge in [-0.3, -0.25) is 0 Å². The zero-order valence-electron chi connectivity index (χ0n) is 9.60. The first kappa shape index (κ1) is 13.3. The highest BCUT2D eigenvalue weighted by Crippen LogP contribution is 2.44. The Labute approximate surface area is 87.1 Å². The van der Waals surface area contributed by atoms with Gasteiger partial charge in [-0.15, -0.1) is 0 Å². The molecule has 1 saturated heterocycles. The van der Waals surface area contributed by atoms with E-state index in [-0.39, 0.29) is 8.41 Å². The Morgan fingerprint density at radius 1 is 1.08 bits per heavy atom. The summed E-state index contributed by atoms with van der Waals surface area (Å²) in [5, 5.41) is 0. The van der Waals surface area contributed by atoms with Crippen LogP contribution in [0.5, 0.6) is 0 Å². The second-order valence-electron chi connectivity index (χ2n) is 4.42. The van der Waals surface area contributed by atoms with E-state index in [4.69, 9.17) is 0 Å². The third-order valence-electron chi connectivity index (χ3n) is 4.24. The van der Waals surface area contributed by atoms with Gasteiger partial charge in [0.25, 0.3) is 0 Å². The molecular formula is C11H24BSi. The predicted octanol–water partition coefficient (Wildman–Crippen LogP) is 4.06. The SMILES string of the molecule is CCC1CCCC[Si]1(CC)CC.[B]. The van der Waals surface area contributed by atoms with E-state index in [1.54, 1.807) is 31.0 Å². The molecule has 3 radical (unpaired) electrons. The fourth-order valence-corrected chi connectivity index (χ4v) is 8.60. The standard InChI is InChI=1S/C11H24Si.B/c1-4-11-9-7-8-10-12(11,5-2)6-3;/h11H,4-10H2,1-3H3;. The lowest BCUT2D eigenvalue weighted by Crippen LogP contribution is -2.40. The smallest absolute Gasteiger partial charge is 0.0561 e. The highest BCUT2D eigenvalue weighted by Gasteiger charge is 2.38. The molecule has 0 saturated carbocycles. The molecule has 0 aromatic heterocycles. The quantitative estimate of drug-likeness (QED) is 0.596. The third-order valence-corrected chi connectivity index (χ3v) is 10.8. The van der Waals surface area contributed by atoms with E-state index in [9.17, 15) is 0 Å². The molecule has 1 aliphatic rings. The van der Waals surface area contributed by atoms with Crippen LogP contribution in [0.1, 0.15) is 46.5 Å². The van der Waals surface area contributed by atoms with E-state index >= 15 is 0 Å². The number of hydrogen-bond acceptors (Lipinski definition) is 0. The van der Waals surface area contributed by atoms with Gasteiger partial charge in [-0.05, 0) is 5.54 Å². The van der Waals surface area contributed by atoms with Crippen LogP contribution in [0.25, 0.3) is 0 Å². The number of rotatable bonds is 3. The van der Waals surface area contributed by atoms with Crippen molar-refractivity contribution in [2.45, 2.75) is 70.1 Å². The number of hydrogen-bond donors (Lipinski definition) is 0. The summed E-state index contributed by atoms with van der Waals surface area (Å²) >= 11 is 0. The summed E-state index contributed by atoms with van der Waals surface area (Å²) in [7, 11) is -0.760. The normalized spacial score (nSPS) is 26.5. The second kappa shape index (κ2) is 5.90. The first-order chi connectivity index (χ1) is 5.79. The van der Waals surface area contributed by atoms with Gasteiger partial charge in [0.05, 0.1) is 8.07 Å². The van der Waals surface area contributed by atoms with Crippen LogP contribution in [0.3, 0.4) is 0 Å². The van der Waals surface area contributed by atoms with Crippen LogP contribution in [0.2, 0.25) is 23.7 Å². The van der Waals surface area contributed by atoms with Crippen LogP contribution >= 0.6 is 0 Å². The summed E-state index contributed by atoms with van der Waals surface area (Å²) in [5.74, 6) is 0. The summed E-state index contributed by atoms with van der Waals surface area (Å²) in [6, 6.07) is 4.72. The van der Waals surface area contributed by atoms with Gasteiger partial charge in [-0.25, -0.2) is 0 Å². The Bertz CT molecular complexity index is 132. The first-order valence-corrected chi connectivity index (χ1v) is 8.49. The van der Waals surface area contributed by atoms with Gasteiger partial charge in [-0.1, -0.05) is 64.6 Å². The monoisotopic (exact) mass is 195 g/mol. The molecule has 0 spiro atoms. The highest BCUT2D eigenvalue weighted by atomic mass is 28.3. The average molecular weight is 195 g/mol. The zero-order valence-corrected chi connectivity index (χ0v) is 10.6. The van der Waals surface area contributed by atoms with E-state index in [0.717, 1.165) is 0 Å². The fraction of sp³-hybridized carbons (Fsp3) is 1.00. The largest absolute Gasteiger partial charge is 0.0678 e. The Balaban J connectivity index is 0.00000144. The van der Waals surface area contributed by atoms with Crippen molar-refractivity contribution >= 4 is 16.5 Å². The Hall–Kier alpha value is 0.282. The van der Waals surface area contributed by atoms with Crippen LogP contribution in [-0.2, 0) is 0 Å². The van der Waals surface area contributed by atoms with Crippen LogP contribution in [-0.4, -0.2) is 16.5 Å². The topological polar surface area (TPSA) is 0 Å². The lowest BCUT2D eigenvalue weighted by atomic mass is 10.1. The molecule has 1 heterocycles. The second-order valence-corrected chi connectivity index (χ2v) is 9.88. The van der Waals surface area contributed by atoms with Crippen molar-refractivity contribution in [3.05, 3.63) is 0 Å². The average Bonchev–Trinajstić information content (AvgIpc) is 2.17. The van der Waals surface area contributed by atoms with E-state index in [1.807, 2.05) is 0 Å². The molecule has 0 bridgehead atoms. The van der Waals surface area contributed by atoms with Crippen LogP contribution in [0.15, 0.2) is 0 Å². The third kappa shape index (κ3) is 2.62. The summed E-state index contributed by atoms with van der Waals surface area (Å²) in [5.41, 5.74) is 1.17. The van der Waals surface area contributed by atoms with Crippen LogP contribution in [0, 0.1) is 0 Å². The van der Waals surface area contributed by atoms with Crippen LogP contribution in [0.4, 0.5) is 0 Å². The van der Waals surface area contributed by atoms with Crippen molar-refractivity contribution in [2.24, 2.45) is 0 Å². The molecule has 0 aliphatic carbocycles. The molecule has 13 heavy (non-hydrogen) atoms. The molecule has 1 aliphatic heterocycles. The van der Waals surface area contributed by atoms with Crippen molar-refractivity contribution in [2.75, 3.05) is 0 Å². The van der Waals surface area contributed by atoms with Crippen molar-refractivity contribution in [3.8, 4) is 0 Å². The van der Waals surface area contributed by atoms with Crippen molar-refractivity contribution in [1.82, 2.24) is 0 Å². The maximum Gasteiger partial charge on any atom is 0.0561 e. The van der Waals surface area contributed by atoms with Gasteiger partial charge in [-0.2, -0.15) is 0 Å². The predicted molar refractivity (Wildman–Crippen MR) is 65.2 cm³/mol. The molecular weight excluding hydrogens is 171 g/mol. The van der Waals surface area contributed by atoms with Crippen molar-refractivity contribution in [3.63, 3.8) is 0 Å². The molecule has 0 aromatic carbocycles. The van der Waals surface area contributed by atoms with E-state index in [1.165, 1.54) is 18.4 Å². The minimum atomic E-state index is -0.760. The van der Waals surface area contributed by atoms with Gasteiger partial charge in [0.15, 0.2) is 0 Å². The van der Waals surface area contributed by atoms with E-state index < -0.39 is 8.07 Å². The maximum absolute atomic E-state index is 2.45. The van der Waals surface area contributed by atoms with Gasteiger partial charge in [0.2, 0.25) is 0 Å². The fourth-order valence-electron chi connectivity index (χ4n) is 3.20. The Morgan fingerprint density at radius 3 is 2.08 bits per heavy atom. The molecule has 1 unspecified atom stereocenters. The molecule has 0 aromatic rings. The van der Waals surface area contributed by atoms with Crippen molar-refractivity contribution < 1.29 is 0 Å². The zero-order chi connectivity index (χ0) is 9.03. The summed E-state index contributed by atoms with van der Waals surface area (Å²) in [6.07, 6.45) is 6.09. The maximum atomic E-state index is 2.45. The molecule has 2 heteroatoms. The molecule has 1 atom stereocenters.